The van der Waals surface area contributed by atoms with Crippen molar-refractivity contribution < 1.29 is 14.3 Å². The molecule has 1 N–H and O–H groups in total. The lowest BCUT2D eigenvalue weighted by Crippen LogP contribution is -2.56. The Bertz CT molecular complexity index is 724. The van der Waals surface area contributed by atoms with Gasteiger partial charge in [0.05, 0.1) is 0 Å². The van der Waals surface area contributed by atoms with E-state index in [1.807, 2.05) is 43.9 Å². The topological polar surface area (TPSA) is 61.9 Å². The molecule has 0 bridgehead atoms. The lowest BCUT2D eigenvalue weighted by molar-refractivity contribution is -0.133. The smallest absolute Gasteiger partial charge is 0.408 e. The molecule has 2 fully saturated rings. The van der Waals surface area contributed by atoms with E-state index in [1.54, 1.807) is 11.8 Å². The number of thioether (sulfide) groups is 1. The van der Waals surface area contributed by atoms with Gasteiger partial charge < -0.3 is 19.9 Å². The van der Waals surface area contributed by atoms with Crippen LogP contribution in [0.15, 0.2) is 30.3 Å². The summed E-state index contributed by atoms with van der Waals surface area (Å²) in [7, 11) is 0. The van der Waals surface area contributed by atoms with Gasteiger partial charge in [-0.05, 0) is 57.4 Å². The monoisotopic (exact) mass is 461 g/mol. The summed E-state index contributed by atoms with van der Waals surface area (Å²) < 4.78 is 5.44. The number of para-hydroxylation sites is 1. The Balaban J connectivity index is 1.55. The summed E-state index contributed by atoms with van der Waals surface area (Å²) in [5.41, 5.74) is 0.597. The van der Waals surface area contributed by atoms with Crippen LogP contribution in [-0.4, -0.2) is 66.2 Å². The van der Waals surface area contributed by atoms with Gasteiger partial charge >= 0.3 is 6.09 Å². The highest BCUT2D eigenvalue weighted by Gasteiger charge is 2.30. The molecule has 1 saturated heterocycles. The van der Waals surface area contributed by atoms with Crippen molar-refractivity contribution in [2.45, 2.75) is 64.5 Å². The molecular weight excluding hydrogens is 422 g/mol. The number of ether oxygens (including phenoxy) is 1. The van der Waals surface area contributed by atoms with Crippen molar-refractivity contribution in [3.63, 3.8) is 0 Å². The molecule has 1 saturated carbocycles. The molecule has 32 heavy (non-hydrogen) atoms. The van der Waals surface area contributed by atoms with Crippen molar-refractivity contribution in [3.8, 4) is 0 Å². The van der Waals surface area contributed by atoms with E-state index in [9.17, 15) is 9.59 Å². The molecule has 2 aliphatic rings. The van der Waals surface area contributed by atoms with Gasteiger partial charge in [0.25, 0.3) is 0 Å². The zero-order valence-electron chi connectivity index (χ0n) is 19.8. The van der Waals surface area contributed by atoms with Crippen molar-refractivity contribution in [1.29, 1.82) is 0 Å². The van der Waals surface area contributed by atoms with Crippen molar-refractivity contribution in [1.82, 2.24) is 10.2 Å². The predicted molar refractivity (Wildman–Crippen MR) is 132 cm³/mol. The standard InChI is InChI=1S/C25H39N3O3S/c1-25(2,3)31-24(30)26-22(19-32-18-20-10-6-4-7-11-20)23(29)28-16-14-27(15-17-28)21-12-8-5-9-13-21/h5,8-9,12-13,20,22H,4,6-7,10-11,14-19H2,1-3H3,(H,26,30)/t22-/m0/s1. The van der Waals surface area contributed by atoms with E-state index in [4.69, 9.17) is 4.74 Å². The highest BCUT2D eigenvalue weighted by Crippen LogP contribution is 2.27. The van der Waals surface area contributed by atoms with Crippen LogP contribution in [-0.2, 0) is 9.53 Å². The van der Waals surface area contributed by atoms with E-state index in [-0.39, 0.29) is 5.91 Å². The first-order valence-electron chi connectivity index (χ1n) is 12.0. The second-order valence-electron chi connectivity index (χ2n) is 9.89. The second-order valence-corrected chi connectivity index (χ2v) is 11.0. The molecule has 0 unspecified atom stereocenters. The molecule has 7 heteroatoms. The molecule has 2 amide bonds. The Morgan fingerprint density at radius 3 is 2.34 bits per heavy atom. The Morgan fingerprint density at radius 2 is 1.72 bits per heavy atom. The molecule has 0 spiro atoms. The quantitative estimate of drug-likeness (QED) is 0.646. The lowest BCUT2D eigenvalue weighted by atomic mass is 9.91. The predicted octanol–water partition coefficient (Wildman–Crippen LogP) is 4.54. The number of benzene rings is 1. The van der Waals surface area contributed by atoms with E-state index in [1.165, 1.54) is 37.8 Å². The first-order chi connectivity index (χ1) is 15.3. The Hall–Kier alpha value is -1.89. The highest BCUT2D eigenvalue weighted by molar-refractivity contribution is 7.99. The molecule has 1 aromatic rings. The maximum absolute atomic E-state index is 13.3. The van der Waals surface area contributed by atoms with Gasteiger partial charge in [-0.2, -0.15) is 11.8 Å². The summed E-state index contributed by atoms with van der Waals surface area (Å²) in [6.45, 7) is 8.42. The van der Waals surface area contributed by atoms with Gasteiger partial charge in [-0.1, -0.05) is 37.5 Å². The van der Waals surface area contributed by atoms with Crippen LogP contribution in [0.4, 0.5) is 10.5 Å². The normalized spacial score (nSPS) is 18.8. The van der Waals surface area contributed by atoms with Crippen LogP contribution in [0.1, 0.15) is 52.9 Å². The molecule has 1 heterocycles. The maximum Gasteiger partial charge on any atom is 0.408 e. The van der Waals surface area contributed by atoms with Gasteiger partial charge in [0.15, 0.2) is 0 Å². The van der Waals surface area contributed by atoms with Gasteiger partial charge in [-0.15, -0.1) is 0 Å². The molecule has 1 aliphatic carbocycles. The average molecular weight is 462 g/mol. The first kappa shape index (κ1) is 24.7. The number of hydrogen-bond acceptors (Lipinski definition) is 5. The number of hydrogen-bond donors (Lipinski definition) is 1. The van der Waals surface area contributed by atoms with Crippen molar-refractivity contribution in [2.75, 3.05) is 42.6 Å². The van der Waals surface area contributed by atoms with Crippen molar-refractivity contribution >= 4 is 29.4 Å². The van der Waals surface area contributed by atoms with Crippen LogP contribution in [0, 0.1) is 5.92 Å². The number of anilines is 1. The van der Waals surface area contributed by atoms with Crippen LogP contribution < -0.4 is 10.2 Å². The Kier molecular flexibility index (Phi) is 9.14. The molecule has 0 aromatic heterocycles. The number of nitrogens with one attached hydrogen (secondary N) is 1. The molecule has 6 nitrogen and oxygen atoms in total. The van der Waals surface area contributed by atoms with Crippen LogP contribution in [0.2, 0.25) is 0 Å². The third kappa shape index (κ3) is 7.91. The van der Waals surface area contributed by atoms with Crippen molar-refractivity contribution in [2.24, 2.45) is 5.92 Å². The molecule has 1 atom stereocenters. The summed E-state index contributed by atoms with van der Waals surface area (Å²) in [6, 6.07) is 9.75. The minimum Gasteiger partial charge on any atom is -0.444 e. The SMILES string of the molecule is CC(C)(C)OC(=O)N[C@@H](CSCC1CCCCC1)C(=O)N1CCN(c2ccccc2)CC1. The number of carbonyl (C=O) groups excluding carboxylic acids is 2. The Morgan fingerprint density at radius 1 is 1.06 bits per heavy atom. The van der Waals surface area contributed by atoms with E-state index in [0.29, 0.717) is 18.8 Å². The minimum atomic E-state index is -0.589. The molecular formula is C25H39N3O3S. The van der Waals surface area contributed by atoms with Gasteiger partial charge in [-0.3, -0.25) is 4.79 Å². The zero-order valence-corrected chi connectivity index (χ0v) is 20.7. The molecule has 1 aliphatic heterocycles. The highest BCUT2D eigenvalue weighted by atomic mass is 32.2. The zero-order chi connectivity index (χ0) is 23.0. The number of carbonyl (C=O) groups is 2. The fourth-order valence-electron chi connectivity index (χ4n) is 4.38. The van der Waals surface area contributed by atoms with Gasteiger partial charge in [0, 0.05) is 37.6 Å². The summed E-state index contributed by atoms with van der Waals surface area (Å²) in [6.07, 6.45) is 6.03. The number of rotatable bonds is 7. The summed E-state index contributed by atoms with van der Waals surface area (Å²) in [5, 5.41) is 2.86. The summed E-state index contributed by atoms with van der Waals surface area (Å²) in [5.74, 6) is 2.38. The average Bonchev–Trinajstić information content (AvgIpc) is 2.78. The van der Waals surface area contributed by atoms with Crippen LogP contribution >= 0.6 is 11.8 Å². The van der Waals surface area contributed by atoms with Crippen LogP contribution in [0.3, 0.4) is 0 Å². The number of alkyl carbamates (subject to hydrolysis) is 1. The van der Waals surface area contributed by atoms with Gasteiger partial charge in [0.1, 0.15) is 11.6 Å². The largest absolute Gasteiger partial charge is 0.444 e. The van der Waals surface area contributed by atoms with E-state index < -0.39 is 17.7 Å². The van der Waals surface area contributed by atoms with E-state index >= 15 is 0 Å². The molecule has 3 rings (SSSR count). The minimum absolute atomic E-state index is 0.000264. The third-order valence-corrected chi connectivity index (χ3v) is 7.34. The van der Waals surface area contributed by atoms with E-state index in [0.717, 1.165) is 24.8 Å². The van der Waals surface area contributed by atoms with Gasteiger partial charge in [0.2, 0.25) is 5.91 Å². The fourth-order valence-corrected chi connectivity index (χ4v) is 5.64. The van der Waals surface area contributed by atoms with Crippen LogP contribution in [0.5, 0.6) is 0 Å². The molecule has 178 valence electrons. The maximum atomic E-state index is 13.3. The second kappa shape index (κ2) is 11.8. The lowest BCUT2D eigenvalue weighted by Gasteiger charge is -2.37. The Labute approximate surface area is 197 Å². The third-order valence-electron chi connectivity index (χ3n) is 6.06. The first-order valence-corrected chi connectivity index (χ1v) is 13.1. The van der Waals surface area contributed by atoms with Gasteiger partial charge in [-0.25, -0.2) is 4.79 Å². The fraction of sp³-hybridized carbons (Fsp3) is 0.680. The molecule has 0 radical (unpaired) electrons. The number of amides is 2. The van der Waals surface area contributed by atoms with E-state index in [2.05, 4.69) is 22.3 Å². The molecule has 1 aromatic carbocycles. The van der Waals surface area contributed by atoms with Crippen LogP contribution in [0.25, 0.3) is 0 Å². The number of piperazine rings is 1. The number of nitrogens with zero attached hydrogens (tertiary/aromatic N) is 2. The summed E-state index contributed by atoms with van der Waals surface area (Å²) in [4.78, 5) is 30.0. The van der Waals surface area contributed by atoms with Crippen molar-refractivity contribution in [3.05, 3.63) is 30.3 Å². The summed E-state index contributed by atoms with van der Waals surface area (Å²) >= 11 is 1.79.